The number of rotatable bonds is 3. The van der Waals surface area contributed by atoms with Crippen LogP contribution in [0.2, 0.25) is 5.02 Å². The Morgan fingerprint density at radius 2 is 2.05 bits per heavy atom. The normalized spacial score (nSPS) is 10.3. The minimum Gasteiger partial charge on any atom is -0.399 e. The molecule has 1 amide bonds. The molecule has 2 aromatic carbocycles. The molecule has 0 bridgehead atoms. The minimum atomic E-state index is -0.589. The maximum Gasteiger partial charge on any atom is 0.250 e. The summed E-state index contributed by atoms with van der Waals surface area (Å²) in [6, 6.07) is 8.78. The molecule has 6 heteroatoms. The van der Waals surface area contributed by atoms with Crippen LogP contribution in [0.5, 0.6) is 0 Å². The van der Waals surface area contributed by atoms with Gasteiger partial charge in [-0.05, 0) is 36.8 Å². The van der Waals surface area contributed by atoms with Gasteiger partial charge in [-0.1, -0.05) is 33.6 Å². The van der Waals surface area contributed by atoms with E-state index < -0.39 is 5.91 Å². The summed E-state index contributed by atoms with van der Waals surface area (Å²) in [6.45, 7) is 1.95. The van der Waals surface area contributed by atoms with Crippen molar-refractivity contribution in [2.24, 2.45) is 5.73 Å². The lowest BCUT2D eigenvalue weighted by Gasteiger charge is -2.15. The van der Waals surface area contributed by atoms with Gasteiger partial charge < -0.3 is 16.8 Å². The molecule has 0 aromatic heterocycles. The Balaban J connectivity index is 2.53. The van der Waals surface area contributed by atoms with E-state index in [-0.39, 0.29) is 5.56 Å². The quantitative estimate of drug-likeness (QED) is 0.733. The van der Waals surface area contributed by atoms with E-state index in [1.807, 2.05) is 25.1 Å². The van der Waals surface area contributed by atoms with E-state index in [4.69, 9.17) is 23.1 Å². The Bertz CT molecular complexity index is 688. The minimum absolute atomic E-state index is 0.259. The van der Waals surface area contributed by atoms with Gasteiger partial charge >= 0.3 is 0 Å². The van der Waals surface area contributed by atoms with Crippen LogP contribution in [0, 0.1) is 6.92 Å². The molecule has 0 fully saturated rings. The smallest absolute Gasteiger partial charge is 0.250 e. The molecule has 4 nitrogen and oxygen atoms in total. The number of hydrogen-bond acceptors (Lipinski definition) is 3. The first-order valence-electron chi connectivity index (χ1n) is 5.81. The third kappa shape index (κ3) is 2.89. The van der Waals surface area contributed by atoms with Crippen molar-refractivity contribution in [2.45, 2.75) is 6.92 Å². The number of nitrogens with two attached hydrogens (primary N) is 2. The zero-order valence-electron chi connectivity index (χ0n) is 10.7. The van der Waals surface area contributed by atoms with Gasteiger partial charge in [-0.2, -0.15) is 0 Å². The van der Waals surface area contributed by atoms with Crippen molar-refractivity contribution < 1.29 is 4.79 Å². The summed E-state index contributed by atoms with van der Waals surface area (Å²) in [4.78, 5) is 11.5. The summed E-state index contributed by atoms with van der Waals surface area (Å²) in [5, 5.41) is 3.49. The van der Waals surface area contributed by atoms with E-state index in [0.29, 0.717) is 16.4 Å². The molecule has 0 aliphatic heterocycles. The van der Waals surface area contributed by atoms with Crippen LogP contribution in [0.1, 0.15) is 15.9 Å². The van der Waals surface area contributed by atoms with E-state index in [1.165, 1.54) is 6.07 Å². The highest BCUT2D eigenvalue weighted by Gasteiger charge is 2.14. The van der Waals surface area contributed by atoms with Crippen LogP contribution in [-0.4, -0.2) is 5.91 Å². The fourth-order valence-electron chi connectivity index (χ4n) is 1.83. The fraction of sp³-hybridized carbons (Fsp3) is 0.0714. The first kappa shape index (κ1) is 14.7. The molecule has 20 heavy (non-hydrogen) atoms. The summed E-state index contributed by atoms with van der Waals surface area (Å²) in [6.07, 6.45) is 0. The monoisotopic (exact) mass is 353 g/mol. The van der Waals surface area contributed by atoms with Crippen LogP contribution >= 0.6 is 27.5 Å². The molecule has 5 N–H and O–H groups in total. The van der Waals surface area contributed by atoms with E-state index in [2.05, 4.69) is 21.2 Å². The van der Waals surface area contributed by atoms with Crippen LogP contribution in [-0.2, 0) is 0 Å². The molecule has 0 unspecified atom stereocenters. The first-order chi connectivity index (χ1) is 9.40. The van der Waals surface area contributed by atoms with Gasteiger partial charge in [-0.25, -0.2) is 0 Å². The summed E-state index contributed by atoms with van der Waals surface area (Å²) in [5.74, 6) is -0.589. The Morgan fingerprint density at radius 3 is 2.70 bits per heavy atom. The molecule has 0 saturated carbocycles. The summed E-state index contributed by atoms with van der Waals surface area (Å²) < 4.78 is 0.953. The van der Waals surface area contributed by atoms with Gasteiger partial charge in [0.2, 0.25) is 0 Å². The van der Waals surface area contributed by atoms with Gasteiger partial charge in [0.1, 0.15) is 0 Å². The van der Waals surface area contributed by atoms with E-state index in [1.54, 1.807) is 6.07 Å². The van der Waals surface area contributed by atoms with E-state index in [9.17, 15) is 4.79 Å². The molecule has 2 aromatic rings. The van der Waals surface area contributed by atoms with Gasteiger partial charge in [0, 0.05) is 15.8 Å². The highest BCUT2D eigenvalue weighted by molar-refractivity contribution is 9.10. The lowest BCUT2D eigenvalue weighted by Crippen LogP contribution is -2.14. The second kappa shape index (κ2) is 5.73. The second-order valence-electron chi connectivity index (χ2n) is 4.33. The number of carbonyl (C=O) groups is 1. The van der Waals surface area contributed by atoms with Crippen molar-refractivity contribution in [1.82, 2.24) is 0 Å². The topological polar surface area (TPSA) is 81.1 Å². The highest BCUT2D eigenvalue weighted by atomic mass is 79.9. The van der Waals surface area contributed by atoms with Gasteiger partial charge in [0.25, 0.3) is 5.91 Å². The summed E-state index contributed by atoms with van der Waals surface area (Å²) in [7, 11) is 0. The lowest BCUT2D eigenvalue weighted by atomic mass is 10.1. The number of anilines is 3. The average molecular weight is 355 g/mol. The largest absolute Gasteiger partial charge is 0.399 e. The van der Waals surface area contributed by atoms with E-state index in [0.717, 1.165) is 15.7 Å². The number of hydrogen-bond donors (Lipinski definition) is 3. The van der Waals surface area contributed by atoms with E-state index >= 15 is 0 Å². The number of carbonyl (C=O) groups excluding carboxylic acids is 1. The average Bonchev–Trinajstić information content (AvgIpc) is 2.37. The van der Waals surface area contributed by atoms with Crippen LogP contribution in [0.25, 0.3) is 0 Å². The van der Waals surface area contributed by atoms with Gasteiger partial charge in [-0.15, -0.1) is 0 Å². The molecular formula is C14H13BrClN3O. The zero-order chi connectivity index (χ0) is 14.9. The number of primary amides is 1. The molecule has 0 atom stereocenters. The molecule has 0 radical (unpaired) electrons. The lowest BCUT2D eigenvalue weighted by molar-refractivity contribution is 0.100. The predicted octanol–water partition coefficient (Wildman–Crippen LogP) is 3.84. The summed E-state index contributed by atoms with van der Waals surface area (Å²) >= 11 is 9.61. The fourth-order valence-corrected chi connectivity index (χ4v) is 2.47. The van der Waals surface area contributed by atoms with Crippen molar-refractivity contribution >= 4 is 50.5 Å². The molecule has 0 saturated heterocycles. The molecule has 0 aliphatic rings. The number of halogens is 2. The Kier molecular flexibility index (Phi) is 4.20. The molecular weight excluding hydrogens is 342 g/mol. The van der Waals surface area contributed by atoms with Crippen molar-refractivity contribution in [1.29, 1.82) is 0 Å². The number of benzene rings is 2. The maximum atomic E-state index is 11.5. The Morgan fingerprint density at radius 1 is 1.35 bits per heavy atom. The van der Waals surface area contributed by atoms with Crippen molar-refractivity contribution in [3.8, 4) is 0 Å². The third-order valence-electron chi connectivity index (χ3n) is 2.91. The zero-order valence-corrected chi connectivity index (χ0v) is 13.0. The standard InChI is InChI=1S/C14H13BrClN3O/c1-7-10(15)3-2-4-12(7)19-13-9(14(18)20)5-8(17)6-11(13)16/h2-6,19H,17H2,1H3,(H2,18,20). The molecule has 104 valence electrons. The second-order valence-corrected chi connectivity index (χ2v) is 5.59. The Labute approximate surface area is 130 Å². The predicted molar refractivity (Wildman–Crippen MR) is 86.5 cm³/mol. The van der Waals surface area contributed by atoms with Gasteiger partial charge in [0.15, 0.2) is 0 Å². The van der Waals surface area contributed by atoms with Gasteiger partial charge in [0.05, 0.1) is 16.3 Å². The number of nitrogens with one attached hydrogen (secondary N) is 1. The van der Waals surface area contributed by atoms with Crippen molar-refractivity contribution in [3.63, 3.8) is 0 Å². The SMILES string of the molecule is Cc1c(Br)cccc1Nc1c(Cl)cc(N)cc1C(N)=O. The van der Waals surface area contributed by atoms with Crippen LogP contribution in [0.4, 0.5) is 17.1 Å². The van der Waals surface area contributed by atoms with Gasteiger partial charge in [-0.3, -0.25) is 4.79 Å². The van der Waals surface area contributed by atoms with Crippen molar-refractivity contribution in [2.75, 3.05) is 11.1 Å². The third-order valence-corrected chi connectivity index (χ3v) is 4.06. The van der Waals surface area contributed by atoms with Crippen LogP contribution in [0.15, 0.2) is 34.8 Å². The van der Waals surface area contributed by atoms with Crippen LogP contribution in [0.3, 0.4) is 0 Å². The number of nitrogen functional groups attached to an aromatic ring is 1. The highest BCUT2D eigenvalue weighted by Crippen LogP contribution is 2.34. The first-order valence-corrected chi connectivity index (χ1v) is 6.98. The van der Waals surface area contributed by atoms with Crippen molar-refractivity contribution in [3.05, 3.63) is 51.0 Å². The molecule has 0 aliphatic carbocycles. The number of amides is 1. The summed E-state index contributed by atoms with van der Waals surface area (Å²) in [5.41, 5.74) is 14.0. The Hall–Kier alpha value is -1.72. The molecule has 2 rings (SSSR count). The molecule has 0 spiro atoms. The maximum absolute atomic E-state index is 11.5. The molecule has 0 heterocycles. The van der Waals surface area contributed by atoms with Crippen LogP contribution < -0.4 is 16.8 Å².